The fraction of sp³-hybridized carbons (Fsp3) is 0.609. The van der Waals surface area contributed by atoms with Gasteiger partial charge in [-0.2, -0.15) is 0 Å². The molecule has 1 atom stereocenters. The molecule has 3 amide bonds. The Bertz CT molecular complexity index is 840. The zero-order valence-corrected chi connectivity index (χ0v) is 19.1. The van der Waals surface area contributed by atoms with Crippen LogP contribution in [0.4, 0.5) is 0 Å². The van der Waals surface area contributed by atoms with Crippen LogP contribution in [0.25, 0.3) is 0 Å². The molecule has 8 heteroatoms. The van der Waals surface area contributed by atoms with Crippen molar-refractivity contribution in [1.82, 2.24) is 14.7 Å². The van der Waals surface area contributed by atoms with Crippen LogP contribution in [0.15, 0.2) is 18.2 Å². The number of hydrogen-bond acceptors (Lipinski definition) is 5. The lowest BCUT2D eigenvalue weighted by atomic mass is 10.1. The number of ether oxygens (including phenoxy) is 2. The highest BCUT2D eigenvalue weighted by molar-refractivity contribution is 5.90. The average molecular weight is 432 g/mol. The smallest absolute Gasteiger partial charge is 0.228 e. The predicted octanol–water partition coefficient (Wildman–Crippen LogP) is 1.56. The number of nitrogens with zero attached hydrogens (tertiary/aromatic N) is 3. The molecule has 31 heavy (non-hydrogen) atoms. The molecule has 1 aromatic carbocycles. The van der Waals surface area contributed by atoms with Crippen LogP contribution in [0, 0.1) is 5.92 Å². The number of piperazine rings is 1. The molecule has 2 aliphatic rings. The van der Waals surface area contributed by atoms with E-state index >= 15 is 0 Å². The summed E-state index contributed by atoms with van der Waals surface area (Å²) in [6.07, 6.45) is 0.542. The first-order valence-electron chi connectivity index (χ1n) is 10.7. The Labute approximate surface area is 184 Å². The number of amides is 3. The second kappa shape index (κ2) is 9.16. The number of carbonyl (C=O) groups is 3. The van der Waals surface area contributed by atoms with Gasteiger partial charge in [0.05, 0.1) is 26.6 Å². The Balaban J connectivity index is 1.53. The Morgan fingerprint density at radius 2 is 1.61 bits per heavy atom. The third-order valence-electron chi connectivity index (χ3n) is 6.03. The van der Waals surface area contributed by atoms with Crippen LogP contribution in [0.3, 0.4) is 0 Å². The van der Waals surface area contributed by atoms with Crippen molar-refractivity contribution in [2.24, 2.45) is 5.92 Å². The zero-order valence-electron chi connectivity index (χ0n) is 19.1. The topological polar surface area (TPSA) is 79.4 Å². The van der Waals surface area contributed by atoms with Crippen molar-refractivity contribution in [2.45, 2.75) is 39.2 Å². The Hall–Kier alpha value is -2.77. The molecule has 0 N–H and O–H groups in total. The van der Waals surface area contributed by atoms with E-state index in [4.69, 9.17) is 9.47 Å². The van der Waals surface area contributed by atoms with Crippen molar-refractivity contribution in [1.29, 1.82) is 0 Å². The van der Waals surface area contributed by atoms with Gasteiger partial charge in [-0.05, 0) is 38.5 Å². The van der Waals surface area contributed by atoms with Gasteiger partial charge in [-0.15, -0.1) is 0 Å². The van der Waals surface area contributed by atoms with Crippen molar-refractivity contribution >= 4 is 17.7 Å². The fourth-order valence-corrected chi connectivity index (χ4v) is 4.23. The van der Waals surface area contributed by atoms with E-state index in [0.717, 1.165) is 5.56 Å². The first-order chi connectivity index (χ1) is 14.6. The number of benzene rings is 1. The van der Waals surface area contributed by atoms with Crippen LogP contribution in [0.1, 0.15) is 32.8 Å². The zero-order chi connectivity index (χ0) is 22.8. The molecule has 0 spiro atoms. The van der Waals surface area contributed by atoms with Crippen molar-refractivity contribution in [3.05, 3.63) is 23.8 Å². The molecule has 1 unspecified atom stereocenters. The summed E-state index contributed by atoms with van der Waals surface area (Å²) in [5.41, 5.74) is 0.578. The fourth-order valence-electron chi connectivity index (χ4n) is 4.23. The standard InChI is InChI=1S/C23H33N3O5/c1-23(2,3)26-15-17(14-21(26)28)22(29)25-10-8-24(9-11-25)20(27)13-16-6-7-18(30-4)19(12-16)31-5/h6-7,12,17H,8-11,13-15H2,1-5H3. The molecule has 8 nitrogen and oxygen atoms in total. The van der Waals surface area contributed by atoms with Crippen molar-refractivity contribution in [3.8, 4) is 11.5 Å². The average Bonchev–Trinajstić information content (AvgIpc) is 3.15. The minimum absolute atomic E-state index is 0.0205. The van der Waals surface area contributed by atoms with E-state index in [9.17, 15) is 14.4 Å². The Morgan fingerprint density at radius 3 is 2.16 bits per heavy atom. The normalized spacial score (nSPS) is 19.6. The minimum Gasteiger partial charge on any atom is -0.493 e. The molecule has 2 saturated heterocycles. The predicted molar refractivity (Wildman–Crippen MR) is 116 cm³/mol. The highest BCUT2D eigenvalue weighted by Crippen LogP contribution is 2.29. The van der Waals surface area contributed by atoms with Gasteiger partial charge in [-0.3, -0.25) is 14.4 Å². The molecule has 0 saturated carbocycles. The molecule has 170 valence electrons. The Kier molecular flexibility index (Phi) is 6.77. The van der Waals surface area contributed by atoms with Crippen molar-refractivity contribution in [3.63, 3.8) is 0 Å². The molecular weight excluding hydrogens is 398 g/mol. The highest BCUT2D eigenvalue weighted by Gasteiger charge is 2.41. The minimum atomic E-state index is -0.291. The summed E-state index contributed by atoms with van der Waals surface area (Å²) in [5, 5.41) is 0. The second-order valence-corrected chi connectivity index (χ2v) is 9.15. The number of likely N-dealkylation sites (tertiary alicyclic amines) is 1. The lowest BCUT2D eigenvalue weighted by Gasteiger charge is -2.36. The second-order valence-electron chi connectivity index (χ2n) is 9.15. The molecule has 0 aromatic heterocycles. The van der Waals surface area contributed by atoms with Gasteiger partial charge in [0.1, 0.15) is 0 Å². The number of carbonyl (C=O) groups excluding carboxylic acids is 3. The van der Waals surface area contributed by atoms with Crippen molar-refractivity contribution in [2.75, 3.05) is 46.9 Å². The third kappa shape index (κ3) is 5.11. The quantitative estimate of drug-likeness (QED) is 0.707. The molecule has 0 aliphatic carbocycles. The summed E-state index contributed by atoms with van der Waals surface area (Å²) < 4.78 is 10.5. The molecule has 1 aromatic rings. The van der Waals surface area contributed by atoms with Gasteiger partial charge in [-0.25, -0.2) is 0 Å². The molecule has 2 fully saturated rings. The van der Waals surface area contributed by atoms with Gasteiger partial charge in [0.2, 0.25) is 17.7 Å². The van der Waals surface area contributed by atoms with Gasteiger partial charge in [0.25, 0.3) is 0 Å². The first-order valence-corrected chi connectivity index (χ1v) is 10.7. The van der Waals surface area contributed by atoms with Gasteiger partial charge in [0.15, 0.2) is 11.5 Å². The van der Waals surface area contributed by atoms with Crippen LogP contribution < -0.4 is 9.47 Å². The van der Waals surface area contributed by atoms with E-state index in [0.29, 0.717) is 44.2 Å². The summed E-state index contributed by atoms with van der Waals surface area (Å²) in [4.78, 5) is 43.4. The maximum atomic E-state index is 12.9. The molecule has 2 heterocycles. The van der Waals surface area contributed by atoms with Crippen LogP contribution >= 0.6 is 0 Å². The summed E-state index contributed by atoms with van der Waals surface area (Å²) in [6, 6.07) is 5.47. The van der Waals surface area contributed by atoms with E-state index < -0.39 is 0 Å². The molecule has 0 bridgehead atoms. The van der Waals surface area contributed by atoms with E-state index in [2.05, 4.69) is 0 Å². The third-order valence-corrected chi connectivity index (χ3v) is 6.03. The summed E-state index contributed by atoms with van der Waals surface area (Å²) in [5.74, 6) is 1.01. The SMILES string of the molecule is COc1ccc(CC(=O)N2CCN(C(=O)C3CC(=O)N(C(C)(C)C)C3)CC2)cc1OC. The van der Waals surface area contributed by atoms with Crippen LogP contribution in [0.5, 0.6) is 11.5 Å². The number of rotatable bonds is 5. The summed E-state index contributed by atoms with van der Waals surface area (Å²) in [7, 11) is 3.14. The summed E-state index contributed by atoms with van der Waals surface area (Å²) >= 11 is 0. The van der Waals surface area contributed by atoms with E-state index in [1.165, 1.54) is 0 Å². The van der Waals surface area contributed by atoms with Gasteiger partial charge < -0.3 is 24.2 Å². The van der Waals surface area contributed by atoms with Gasteiger partial charge in [-0.1, -0.05) is 6.07 Å². The Morgan fingerprint density at radius 1 is 1.00 bits per heavy atom. The maximum absolute atomic E-state index is 12.9. The maximum Gasteiger partial charge on any atom is 0.228 e. The van der Waals surface area contributed by atoms with E-state index in [1.807, 2.05) is 32.9 Å². The van der Waals surface area contributed by atoms with Gasteiger partial charge in [0, 0.05) is 44.7 Å². The lowest BCUT2D eigenvalue weighted by molar-refractivity contribution is -0.141. The van der Waals surface area contributed by atoms with Crippen molar-refractivity contribution < 1.29 is 23.9 Å². The molecule has 3 rings (SSSR count). The number of hydrogen-bond donors (Lipinski definition) is 0. The van der Waals surface area contributed by atoms with Crippen LogP contribution in [-0.4, -0.2) is 84.9 Å². The largest absolute Gasteiger partial charge is 0.493 e. The van der Waals surface area contributed by atoms with Crippen LogP contribution in [0.2, 0.25) is 0 Å². The van der Waals surface area contributed by atoms with Gasteiger partial charge >= 0.3 is 0 Å². The molecule has 2 aliphatic heterocycles. The van der Waals surface area contributed by atoms with Crippen LogP contribution in [-0.2, 0) is 20.8 Å². The molecule has 0 radical (unpaired) electrons. The van der Waals surface area contributed by atoms with E-state index in [1.54, 1.807) is 35.0 Å². The highest BCUT2D eigenvalue weighted by atomic mass is 16.5. The molecular formula is C23H33N3O5. The van der Waals surface area contributed by atoms with E-state index in [-0.39, 0.29) is 42.0 Å². The lowest BCUT2D eigenvalue weighted by Crippen LogP contribution is -2.52. The summed E-state index contributed by atoms with van der Waals surface area (Å²) in [6.45, 7) is 8.43. The first kappa shape index (κ1) is 22.9. The monoisotopic (exact) mass is 431 g/mol. The number of methoxy groups -OCH3 is 2.